The number of fused-ring (bicyclic) bond motifs is 1. The van der Waals surface area contributed by atoms with Crippen LogP contribution < -0.4 is 5.32 Å². The van der Waals surface area contributed by atoms with Gasteiger partial charge < -0.3 is 5.32 Å². The zero-order chi connectivity index (χ0) is 21.5. The highest BCUT2D eigenvalue weighted by Gasteiger charge is 2.36. The first-order valence-corrected chi connectivity index (χ1v) is 10.8. The third-order valence-electron chi connectivity index (χ3n) is 5.43. The van der Waals surface area contributed by atoms with Crippen molar-refractivity contribution in [3.05, 3.63) is 69.4 Å². The van der Waals surface area contributed by atoms with E-state index in [1.807, 2.05) is 11.4 Å². The highest BCUT2D eigenvalue weighted by Crippen LogP contribution is 2.41. The summed E-state index contributed by atoms with van der Waals surface area (Å²) in [5.41, 5.74) is 3.45. The molecule has 0 unspecified atom stereocenters. The average Bonchev–Trinajstić information content (AvgIpc) is 3.28. The molecule has 1 amide bonds. The fourth-order valence-electron chi connectivity index (χ4n) is 4.09. The first kappa shape index (κ1) is 20.5. The highest BCUT2D eigenvalue weighted by atomic mass is 32.1. The number of Topliss-reactive ketones (excluding diaryl/α,β-unsaturated/α-hetero) is 1. The first-order chi connectivity index (χ1) is 14.2. The van der Waals surface area contributed by atoms with Gasteiger partial charge in [-0.1, -0.05) is 19.9 Å². The van der Waals surface area contributed by atoms with Crippen LogP contribution in [0.25, 0.3) is 5.69 Å². The highest BCUT2D eigenvalue weighted by molar-refractivity contribution is 7.12. The van der Waals surface area contributed by atoms with Crippen LogP contribution in [0.3, 0.4) is 0 Å². The van der Waals surface area contributed by atoms with E-state index in [4.69, 9.17) is 0 Å². The second kappa shape index (κ2) is 7.80. The third-order valence-corrected chi connectivity index (χ3v) is 6.51. The second-order valence-electron chi connectivity index (χ2n) is 8.66. The van der Waals surface area contributed by atoms with Gasteiger partial charge in [-0.25, -0.2) is 9.07 Å². The number of carbonyl (C=O) groups is 2. The summed E-state index contributed by atoms with van der Waals surface area (Å²) in [7, 11) is 0. The Hall–Kier alpha value is -2.80. The summed E-state index contributed by atoms with van der Waals surface area (Å²) in [5, 5.41) is 9.50. The molecule has 156 valence electrons. The number of amides is 1. The fraction of sp³-hybridized carbons (Fsp3) is 0.348. The van der Waals surface area contributed by atoms with E-state index in [9.17, 15) is 14.0 Å². The Morgan fingerprint density at radius 3 is 2.83 bits per heavy atom. The minimum Gasteiger partial charge on any atom is -0.349 e. The number of ketones is 1. The smallest absolute Gasteiger partial charge is 0.224 e. The van der Waals surface area contributed by atoms with Crippen LogP contribution in [0.5, 0.6) is 0 Å². The molecule has 4 rings (SSSR count). The fourth-order valence-corrected chi connectivity index (χ4v) is 4.90. The molecule has 0 bridgehead atoms. The van der Waals surface area contributed by atoms with Crippen molar-refractivity contribution in [2.45, 2.75) is 46.1 Å². The standard InChI is InChI=1S/C23H24FN3O2S/c1-14(28)21-7-15(13-30-21)8-22(29)26-19-10-23(2,3)11-20-18(19)12-25-27(20)17-6-4-5-16(24)9-17/h4-7,9,12-13,19H,8,10-11H2,1-3H3,(H,26,29)/t19-/m0/s1. The van der Waals surface area contributed by atoms with Crippen molar-refractivity contribution in [2.75, 3.05) is 0 Å². The molecule has 0 fully saturated rings. The van der Waals surface area contributed by atoms with Gasteiger partial charge in [-0.15, -0.1) is 11.3 Å². The number of hydrogen-bond donors (Lipinski definition) is 1. The molecule has 1 aromatic carbocycles. The molecular formula is C23H24FN3O2S. The second-order valence-corrected chi connectivity index (χ2v) is 9.57. The normalized spacial score (nSPS) is 17.4. The average molecular weight is 426 g/mol. The first-order valence-electron chi connectivity index (χ1n) is 9.92. The minimum absolute atomic E-state index is 0.00935. The van der Waals surface area contributed by atoms with Crippen molar-refractivity contribution in [2.24, 2.45) is 5.41 Å². The molecule has 2 heterocycles. The molecule has 1 aliphatic carbocycles. The van der Waals surface area contributed by atoms with E-state index in [2.05, 4.69) is 24.3 Å². The van der Waals surface area contributed by atoms with E-state index in [-0.39, 0.29) is 35.4 Å². The van der Waals surface area contributed by atoms with Gasteiger partial charge in [0.2, 0.25) is 5.91 Å². The minimum atomic E-state index is -0.308. The lowest BCUT2D eigenvalue weighted by Crippen LogP contribution is -2.37. The Kier molecular flexibility index (Phi) is 5.32. The summed E-state index contributed by atoms with van der Waals surface area (Å²) in [6.07, 6.45) is 3.59. The molecule has 1 atom stereocenters. The number of nitrogens with zero attached hydrogens (tertiary/aromatic N) is 2. The lowest BCUT2D eigenvalue weighted by atomic mass is 9.74. The molecule has 0 saturated heterocycles. The summed E-state index contributed by atoms with van der Waals surface area (Å²) in [6.45, 7) is 5.85. The Morgan fingerprint density at radius 2 is 2.13 bits per heavy atom. The van der Waals surface area contributed by atoms with Crippen LogP contribution in [0.1, 0.15) is 59.7 Å². The number of aromatic nitrogens is 2. The number of benzene rings is 1. The van der Waals surface area contributed by atoms with Gasteiger partial charge in [0, 0.05) is 5.56 Å². The Labute approximate surface area is 178 Å². The maximum atomic E-state index is 13.7. The van der Waals surface area contributed by atoms with Crippen molar-refractivity contribution >= 4 is 23.0 Å². The topological polar surface area (TPSA) is 64.0 Å². The van der Waals surface area contributed by atoms with Crippen molar-refractivity contribution < 1.29 is 14.0 Å². The molecule has 0 spiro atoms. The van der Waals surface area contributed by atoms with Gasteiger partial charge >= 0.3 is 0 Å². The molecular weight excluding hydrogens is 401 g/mol. The number of thiophene rings is 1. The molecule has 7 heteroatoms. The van der Waals surface area contributed by atoms with Crippen LogP contribution >= 0.6 is 11.3 Å². The summed E-state index contributed by atoms with van der Waals surface area (Å²) in [4.78, 5) is 24.9. The van der Waals surface area contributed by atoms with Gasteiger partial charge in [-0.2, -0.15) is 5.10 Å². The van der Waals surface area contributed by atoms with Crippen LogP contribution in [0, 0.1) is 11.2 Å². The van der Waals surface area contributed by atoms with Crippen molar-refractivity contribution in [1.82, 2.24) is 15.1 Å². The van der Waals surface area contributed by atoms with E-state index in [0.29, 0.717) is 10.6 Å². The van der Waals surface area contributed by atoms with Crippen molar-refractivity contribution in [3.63, 3.8) is 0 Å². The summed E-state index contributed by atoms with van der Waals surface area (Å²) in [5.74, 6) is -0.387. The van der Waals surface area contributed by atoms with Crippen molar-refractivity contribution in [3.8, 4) is 5.69 Å². The number of carbonyl (C=O) groups excluding carboxylic acids is 2. The van der Waals surface area contributed by atoms with Gasteiger partial charge in [-0.3, -0.25) is 9.59 Å². The van der Waals surface area contributed by atoms with Crippen LogP contribution in [0.2, 0.25) is 0 Å². The maximum absolute atomic E-state index is 13.7. The van der Waals surface area contributed by atoms with Crippen LogP contribution in [-0.4, -0.2) is 21.5 Å². The van der Waals surface area contributed by atoms with Crippen molar-refractivity contribution in [1.29, 1.82) is 0 Å². The third kappa shape index (κ3) is 4.21. The Balaban J connectivity index is 1.57. The van der Waals surface area contributed by atoms with E-state index < -0.39 is 0 Å². The van der Waals surface area contributed by atoms with Gasteiger partial charge in [0.15, 0.2) is 5.78 Å². The maximum Gasteiger partial charge on any atom is 0.224 e. The molecule has 0 saturated carbocycles. The summed E-state index contributed by atoms with van der Waals surface area (Å²) < 4.78 is 15.5. The molecule has 30 heavy (non-hydrogen) atoms. The monoisotopic (exact) mass is 425 g/mol. The lowest BCUT2D eigenvalue weighted by Gasteiger charge is -2.36. The zero-order valence-electron chi connectivity index (χ0n) is 17.2. The van der Waals surface area contributed by atoms with E-state index >= 15 is 0 Å². The molecule has 0 radical (unpaired) electrons. The quantitative estimate of drug-likeness (QED) is 0.606. The molecule has 5 nitrogen and oxygen atoms in total. The van der Waals surface area contributed by atoms with Crippen LogP contribution in [0.4, 0.5) is 4.39 Å². The Morgan fingerprint density at radius 1 is 1.33 bits per heavy atom. The molecule has 2 aromatic heterocycles. The largest absolute Gasteiger partial charge is 0.349 e. The Bertz CT molecular complexity index is 1120. The van der Waals surface area contributed by atoms with E-state index in [1.165, 1.54) is 30.4 Å². The predicted octanol–water partition coefficient (Wildman–Crippen LogP) is 4.65. The van der Waals surface area contributed by atoms with Gasteiger partial charge in [0.05, 0.1) is 34.9 Å². The molecule has 1 aliphatic rings. The van der Waals surface area contributed by atoms with E-state index in [0.717, 1.165) is 29.7 Å². The number of nitrogens with one attached hydrogen (secondary N) is 1. The predicted molar refractivity (Wildman–Crippen MR) is 115 cm³/mol. The molecule has 0 aliphatic heterocycles. The number of hydrogen-bond acceptors (Lipinski definition) is 4. The van der Waals surface area contributed by atoms with Gasteiger partial charge in [0.1, 0.15) is 5.82 Å². The van der Waals surface area contributed by atoms with Gasteiger partial charge in [0.25, 0.3) is 0 Å². The van der Waals surface area contributed by atoms with Crippen LogP contribution in [-0.2, 0) is 17.6 Å². The summed E-state index contributed by atoms with van der Waals surface area (Å²) >= 11 is 1.36. The SMILES string of the molecule is CC(=O)c1cc(CC(=O)N[C@H]2CC(C)(C)Cc3c2cnn3-c2cccc(F)c2)cs1. The number of halogens is 1. The molecule has 1 N–H and O–H groups in total. The molecule has 3 aromatic rings. The van der Waals surface area contributed by atoms with Gasteiger partial charge in [-0.05, 0) is 60.4 Å². The lowest BCUT2D eigenvalue weighted by molar-refractivity contribution is -0.121. The van der Waals surface area contributed by atoms with E-state index in [1.54, 1.807) is 23.0 Å². The number of rotatable bonds is 5. The summed E-state index contributed by atoms with van der Waals surface area (Å²) in [6, 6.07) is 7.99. The van der Waals surface area contributed by atoms with Crippen LogP contribution in [0.15, 0.2) is 41.9 Å². The zero-order valence-corrected chi connectivity index (χ0v) is 18.1.